The summed E-state index contributed by atoms with van der Waals surface area (Å²) in [5, 5.41) is 0. The molecule has 0 saturated heterocycles. The molecular formula is C22H28ClNO5. The number of likely N-dealkylation sites (N-methyl/N-ethyl adjacent to an activating group) is 1. The third-order valence-electron chi connectivity index (χ3n) is 4.08. The number of nitrogens with zero attached hydrogens (tertiary/aromatic N) is 1. The molecule has 0 N–H and O–H groups in total. The maximum absolute atomic E-state index is 12.7. The van der Waals surface area contributed by atoms with Crippen LogP contribution in [0.15, 0.2) is 42.5 Å². The average molecular weight is 422 g/mol. The largest absolute Gasteiger partial charge is 0.493 e. The van der Waals surface area contributed by atoms with E-state index < -0.39 is 0 Å². The number of carbonyl (C=O) groups is 1. The lowest BCUT2D eigenvalue weighted by Crippen LogP contribution is -2.19. The first-order chi connectivity index (χ1) is 13.5. The van der Waals surface area contributed by atoms with Gasteiger partial charge in [0.05, 0.1) is 21.3 Å². The molecule has 0 unspecified atom stereocenters. The Morgan fingerprint density at radius 1 is 0.966 bits per heavy atom. The first-order valence-electron chi connectivity index (χ1n) is 8.89. The second-order valence-electron chi connectivity index (χ2n) is 6.30. The predicted molar refractivity (Wildman–Crippen MR) is 117 cm³/mol. The summed E-state index contributed by atoms with van der Waals surface area (Å²) in [5.74, 6) is 1.88. The van der Waals surface area contributed by atoms with Gasteiger partial charge in [-0.3, -0.25) is 4.79 Å². The SMILES string of the molecule is COc1cc(C(=O)C=Cc2ccccc2OCCN(C)C)cc(OC)c1OC.Cl. The topological polar surface area (TPSA) is 57.2 Å². The highest BCUT2D eigenvalue weighted by atomic mass is 35.5. The van der Waals surface area contributed by atoms with E-state index in [4.69, 9.17) is 18.9 Å². The van der Waals surface area contributed by atoms with Crippen molar-refractivity contribution in [3.05, 3.63) is 53.6 Å². The normalized spacial score (nSPS) is 10.6. The number of ether oxygens (including phenoxy) is 4. The van der Waals surface area contributed by atoms with Crippen molar-refractivity contribution in [2.75, 3.05) is 48.6 Å². The van der Waals surface area contributed by atoms with Crippen LogP contribution in [0.4, 0.5) is 0 Å². The number of methoxy groups -OCH3 is 3. The Morgan fingerprint density at radius 2 is 1.59 bits per heavy atom. The standard InChI is InChI=1S/C22H27NO5.ClH/c1-23(2)12-13-28-19-9-7-6-8-16(19)10-11-18(24)17-14-20(25-3)22(27-5)21(15-17)26-4;/h6-11,14-15H,12-13H2,1-5H3;1H. The Balaban J connectivity index is 0.00000420. The van der Waals surface area contributed by atoms with Crippen molar-refractivity contribution < 1.29 is 23.7 Å². The minimum absolute atomic E-state index is 0. The first kappa shape index (κ1) is 24.3. The molecule has 2 rings (SSSR count). The molecule has 0 aliphatic heterocycles. The van der Waals surface area contributed by atoms with Crippen LogP contribution in [-0.2, 0) is 0 Å². The van der Waals surface area contributed by atoms with Gasteiger partial charge in [-0.2, -0.15) is 0 Å². The van der Waals surface area contributed by atoms with Crippen LogP contribution in [-0.4, -0.2) is 59.3 Å². The zero-order valence-electron chi connectivity index (χ0n) is 17.4. The number of benzene rings is 2. The monoisotopic (exact) mass is 421 g/mol. The van der Waals surface area contributed by atoms with Crippen molar-refractivity contribution in [2.24, 2.45) is 0 Å². The van der Waals surface area contributed by atoms with E-state index in [0.29, 0.717) is 29.4 Å². The number of allylic oxidation sites excluding steroid dienone is 1. The van der Waals surface area contributed by atoms with Crippen molar-refractivity contribution in [1.82, 2.24) is 4.90 Å². The van der Waals surface area contributed by atoms with Gasteiger partial charge in [-0.15, -0.1) is 12.4 Å². The molecule has 0 fully saturated rings. The number of carbonyl (C=O) groups excluding carboxylic acids is 1. The molecule has 0 saturated carbocycles. The maximum Gasteiger partial charge on any atom is 0.203 e. The molecule has 0 bridgehead atoms. The Kier molecular flexibility index (Phi) is 10.1. The number of hydrogen-bond acceptors (Lipinski definition) is 6. The molecule has 7 heteroatoms. The summed E-state index contributed by atoms with van der Waals surface area (Å²) in [6, 6.07) is 10.9. The van der Waals surface area contributed by atoms with E-state index in [-0.39, 0.29) is 18.2 Å². The Bertz CT molecular complexity index is 811. The van der Waals surface area contributed by atoms with Gasteiger partial charge in [0.1, 0.15) is 12.4 Å². The van der Waals surface area contributed by atoms with Crippen LogP contribution >= 0.6 is 12.4 Å². The summed E-state index contributed by atoms with van der Waals surface area (Å²) in [6.07, 6.45) is 3.26. The van der Waals surface area contributed by atoms with E-state index in [2.05, 4.69) is 0 Å². The van der Waals surface area contributed by atoms with Gasteiger partial charge >= 0.3 is 0 Å². The summed E-state index contributed by atoms with van der Waals surface area (Å²) >= 11 is 0. The molecule has 29 heavy (non-hydrogen) atoms. The summed E-state index contributed by atoms with van der Waals surface area (Å²) in [4.78, 5) is 14.7. The zero-order valence-corrected chi connectivity index (χ0v) is 18.2. The van der Waals surface area contributed by atoms with Crippen LogP contribution in [0.2, 0.25) is 0 Å². The van der Waals surface area contributed by atoms with E-state index in [1.807, 2.05) is 43.3 Å². The molecule has 2 aromatic carbocycles. The number of para-hydroxylation sites is 1. The van der Waals surface area contributed by atoms with Crippen molar-refractivity contribution in [3.8, 4) is 23.0 Å². The molecule has 2 aromatic rings. The van der Waals surface area contributed by atoms with Gasteiger partial charge in [-0.05, 0) is 44.4 Å². The third-order valence-corrected chi connectivity index (χ3v) is 4.08. The second kappa shape index (κ2) is 12.0. The maximum atomic E-state index is 12.7. The van der Waals surface area contributed by atoms with Gasteiger partial charge in [0.15, 0.2) is 17.3 Å². The highest BCUT2D eigenvalue weighted by Gasteiger charge is 2.15. The molecule has 0 heterocycles. The van der Waals surface area contributed by atoms with Gasteiger partial charge in [0.25, 0.3) is 0 Å². The number of halogens is 1. The fourth-order valence-electron chi connectivity index (χ4n) is 2.57. The summed E-state index contributed by atoms with van der Waals surface area (Å²) in [6.45, 7) is 1.38. The van der Waals surface area contributed by atoms with E-state index >= 15 is 0 Å². The second-order valence-corrected chi connectivity index (χ2v) is 6.30. The van der Waals surface area contributed by atoms with Crippen LogP contribution in [0.1, 0.15) is 15.9 Å². The van der Waals surface area contributed by atoms with Crippen LogP contribution in [0.5, 0.6) is 23.0 Å². The number of hydrogen-bond donors (Lipinski definition) is 0. The highest BCUT2D eigenvalue weighted by molar-refractivity contribution is 6.07. The molecule has 0 aliphatic rings. The highest BCUT2D eigenvalue weighted by Crippen LogP contribution is 2.38. The molecule has 6 nitrogen and oxygen atoms in total. The van der Waals surface area contributed by atoms with E-state index in [1.54, 1.807) is 18.2 Å². The van der Waals surface area contributed by atoms with Gasteiger partial charge in [0.2, 0.25) is 5.75 Å². The molecule has 0 aromatic heterocycles. The Hall–Kier alpha value is -2.70. The van der Waals surface area contributed by atoms with E-state index in [1.165, 1.54) is 27.4 Å². The van der Waals surface area contributed by atoms with E-state index in [0.717, 1.165) is 17.9 Å². The Morgan fingerprint density at radius 3 is 2.14 bits per heavy atom. The number of rotatable bonds is 10. The predicted octanol–water partition coefficient (Wildman–Crippen LogP) is 3.97. The lowest BCUT2D eigenvalue weighted by atomic mass is 10.1. The molecule has 0 aliphatic carbocycles. The quantitative estimate of drug-likeness (QED) is 0.427. The lowest BCUT2D eigenvalue weighted by Gasteiger charge is -2.13. The summed E-state index contributed by atoms with van der Waals surface area (Å²) in [7, 11) is 8.54. The molecular weight excluding hydrogens is 394 g/mol. The molecule has 0 spiro atoms. The smallest absolute Gasteiger partial charge is 0.203 e. The van der Waals surface area contributed by atoms with E-state index in [9.17, 15) is 4.79 Å². The summed E-state index contributed by atoms with van der Waals surface area (Å²) in [5.41, 5.74) is 1.28. The van der Waals surface area contributed by atoms with Crippen molar-refractivity contribution >= 4 is 24.3 Å². The van der Waals surface area contributed by atoms with Crippen LogP contribution in [0.3, 0.4) is 0 Å². The van der Waals surface area contributed by atoms with Crippen LogP contribution < -0.4 is 18.9 Å². The number of ketones is 1. The molecule has 0 radical (unpaired) electrons. The van der Waals surface area contributed by atoms with Crippen molar-refractivity contribution in [1.29, 1.82) is 0 Å². The fraction of sp³-hybridized carbons (Fsp3) is 0.318. The average Bonchev–Trinajstić information content (AvgIpc) is 2.71. The fourth-order valence-corrected chi connectivity index (χ4v) is 2.57. The summed E-state index contributed by atoms with van der Waals surface area (Å²) < 4.78 is 21.7. The van der Waals surface area contributed by atoms with Gasteiger partial charge in [-0.1, -0.05) is 18.2 Å². The first-order valence-corrected chi connectivity index (χ1v) is 8.89. The van der Waals surface area contributed by atoms with Crippen LogP contribution in [0.25, 0.3) is 6.08 Å². The van der Waals surface area contributed by atoms with Gasteiger partial charge < -0.3 is 23.8 Å². The molecule has 158 valence electrons. The lowest BCUT2D eigenvalue weighted by molar-refractivity contribution is 0.104. The minimum atomic E-state index is -0.178. The Labute approximate surface area is 178 Å². The zero-order chi connectivity index (χ0) is 20.5. The molecule has 0 atom stereocenters. The molecule has 0 amide bonds. The third kappa shape index (κ3) is 6.69. The van der Waals surface area contributed by atoms with Crippen LogP contribution in [0, 0.1) is 0 Å². The van der Waals surface area contributed by atoms with Crippen molar-refractivity contribution in [3.63, 3.8) is 0 Å². The van der Waals surface area contributed by atoms with Crippen molar-refractivity contribution in [2.45, 2.75) is 0 Å². The van der Waals surface area contributed by atoms with Gasteiger partial charge in [0, 0.05) is 17.7 Å². The van der Waals surface area contributed by atoms with Gasteiger partial charge in [-0.25, -0.2) is 0 Å². The minimum Gasteiger partial charge on any atom is -0.493 e.